The highest BCUT2D eigenvalue weighted by Crippen LogP contribution is 2.26. The average Bonchev–Trinajstić information content (AvgIpc) is 2.25. The Morgan fingerprint density at radius 1 is 1.33 bits per heavy atom. The van der Waals surface area contributed by atoms with Crippen molar-refractivity contribution >= 4 is 15.7 Å². The van der Waals surface area contributed by atoms with E-state index < -0.39 is 42.7 Å². The number of rotatable bonds is 6. The van der Waals surface area contributed by atoms with E-state index in [2.05, 4.69) is 4.72 Å². The molecule has 0 unspecified atom stereocenters. The van der Waals surface area contributed by atoms with Crippen LogP contribution >= 0.6 is 0 Å². The molecule has 21 heavy (non-hydrogen) atoms. The predicted molar refractivity (Wildman–Crippen MR) is 69.1 cm³/mol. The van der Waals surface area contributed by atoms with E-state index in [-0.39, 0.29) is 19.1 Å². The Hall–Kier alpha value is -1.65. The zero-order chi connectivity index (χ0) is 16.4. The van der Waals surface area contributed by atoms with Gasteiger partial charge in [-0.2, -0.15) is 4.39 Å². The maximum atomic E-state index is 13.6. The summed E-state index contributed by atoms with van der Waals surface area (Å²) >= 11 is 0. The number of nitro benzene ring substituents is 1. The van der Waals surface area contributed by atoms with Gasteiger partial charge in [-0.15, -0.1) is 0 Å². The van der Waals surface area contributed by atoms with E-state index >= 15 is 0 Å². The van der Waals surface area contributed by atoms with Gasteiger partial charge in [0.05, 0.1) is 4.92 Å². The van der Waals surface area contributed by atoms with Gasteiger partial charge in [0.25, 0.3) is 0 Å². The van der Waals surface area contributed by atoms with E-state index in [1.807, 2.05) is 0 Å². The normalized spacial score (nSPS) is 12.4. The molecule has 0 atom stereocenters. The Morgan fingerprint density at radius 2 is 1.90 bits per heavy atom. The third kappa shape index (κ3) is 4.16. The number of sulfonamides is 1. The second kappa shape index (κ2) is 6.00. The summed E-state index contributed by atoms with van der Waals surface area (Å²) in [6.07, 6.45) is 0.0388. The van der Waals surface area contributed by atoms with E-state index in [1.54, 1.807) is 0 Å². The van der Waals surface area contributed by atoms with Gasteiger partial charge in [0, 0.05) is 24.3 Å². The van der Waals surface area contributed by atoms with Crippen molar-refractivity contribution < 1.29 is 27.2 Å². The number of nitro groups is 1. The molecule has 0 aliphatic carbocycles. The van der Waals surface area contributed by atoms with E-state index in [9.17, 15) is 27.3 Å². The molecule has 0 amide bonds. The fourth-order valence-electron chi connectivity index (χ4n) is 1.61. The van der Waals surface area contributed by atoms with Crippen LogP contribution < -0.4 is 4.72 Å². The van der Waals surface area contributed by atoms with E-state index in [4.69, 9.17) is 5.11 Å². The largest absolute Gasteiger partial charge is 0.396 e. The quantitative estimate of drug-likeness (QED) is 0.605. The van der Waals surface area contributed by atoms with Crippen LogP contribution in [0.4, 0.5) is 14.5 Å². The Labute approximate surface area is 119 Å². The number of hydrogen-bond acceptors (Lipinski definition) is 5. The predicted octanol–water partition coefficient (Wildman–Crippen LogP) is 1.31. The summed E-state index contributed by atoms with van der Waals surface area (Å²) < 4.78 is 53.0. The molecule has 1 aromatic rings. The first-order chi connectivity index (χ1) is 9.50. The molecule has 118 valence electrons. The number of aliphatic hydroxyl groups is 1. The Balaban J connectivity index is 3.32. The molecule has 0 saturated heterocycles. The van der Waals surface area contributed by atoms with Crippen LogP contribution in [0.5, 0.6) is 0 Å². The molecule has 0 spiro atoms. The standard InChI is InChI=1S/C11H14F2N2O5S/c1-11(2,3-4-16)14-21(19,20)10-6-9(15(17)18)7(12)5-8(10)13/h5-6,14,16H,3-4H2,1-2H3. The molecule has 10 heteroatoms. The maximum absolute atomic E-state index is 13.6. The summed E-state index contributed by atoms with van der Waals surface area (Å²) in [6.45, 7) is 2.56. The smallest absolute Gasteiger partial charge is 0.306 e. The highest BCUT2D eigenvalue weighted by atomic mass is 32.2. The second-order valence-corrected chi connectivity index (χ2v) is 6.60. The summed E-state index contributed by atoms with van der Waals surface area (Å²) in [5.74, 6) is -2.91. The number of nitrogens with zero attached hydrogens (tertiary/aromatic N) is 1. The number of benzene rings is 1. The molecule has 7 nitrogen and oxygen atoms in total. The number of nitrogens with one attached hydrogen (secondary N) is 1. The molecule has 0 radical (unpaired) electrons. The van der Waals surface area contributed by atoms with Gasteiger partial charge < -0.3 is 5.11 Å². The van der Waals surface area contributed by atoms with Crippen molar-refractivity contribution in [3.8, 4) is 0 Å². The van der Waals surface area contributed by atoms with Gasteiger partial charge in [-0.1, -0.05) is 0 Å². The third-order valence-corrected chi connectivity index (χ3v) is 4.35. The lowest BCUT2D eigenvalue weighted by Gasteiger charge is -2.25. The van der Waals surface area contributed by atoms with Crippen molar-refractivity contribution in [2.75, 3.05) is 6.61 Å². The molecule has 0 fully saturated rings. The fourth-order valence-corrected chi connectivity index (χ4v) is 3.14. The van der Waals surface area contributed by atoms with E-state index in [0.29, 0.717) is 6.07 Å². The molecule has 0 aromatic heterocycles. The van der Waals surface area contributed by atoms with Gasteiger partial charge in [-0.05, 0) is 20.3 Å². The lowest BCUT2D eigenvalue weighted by Crippen LogP contribution is -2.44. The van der Waals surface area contributed by atoms with E-state index in [0.717, 1.165) is 0 Å². The van der Waals surface area contributed by atoms with Crippen LogP contribution in [0.3, 0.4) is 0 Å². The van der Waals surface area contributed by atoms with Crippen LogP contribution in [0.1, 0.15) is 20.3 Å². The molecule has 0 saturated carbocycles. The lowest BCUT2D eigenvalue weighted by atomic mass is 10.0. The molecular formula is C11H14F2N2O5S. The first-order valence-corrected chi connectivity index (χ1v) is 7.27. The van der Waals surface area contributed by atoms with Gasteiger partial charge in [0.1, 0.15) is 10.7 Å². The monoisotopic (exact) mass is 324 g/mol. The minimum absolute atomic E-state index is 0.0388. The highest BCUT2D eigenvalue weighted by molar-refractivity contribution is 7.89. The summed E-state index contributed by atoms with van der Waals surface area (Å²) in [4.78, 5) is 8.42. The molecule has 0 aliphatic heterocycles. The highest BCUT2D eigenvalue weighted by Gasteiger charge is 2.31. The minimum Gasteiger partial charge on any atom is -0.396 e. The Morgan fingerprint density at radius 3 is 2.38 bits per heavy atom. The molecule has 1 rings (SSSR count). The zero-order valence-electron chi connectivity index (χ0n) is 11.3. The van der Waals surface area contributed by atoms with Crippen molar-refractivity contribution in [3.63, 3.8) is 0 Å². The average molecular weight is 324 g/mol. The molecule has 2 N–H and O–H groups in total. The summed E-state index contributed by atoms with van der Waals surface area (Å²) in [7, 11) is -4.45. The van der Waals surface area contributed by atoms with Crippen molar-refractivity contribution in [1.82, 2.24) is 4.72 Å². The third-order valence-electron chi connectivity index (χ3n) is 2.64. The first-order valence-electron chi connectivity index (χ1n) is 5.78. The van der Waals surface area contributed by atoms with Crippen LogP contribution in [0, 0.1) is 21.7 Å². The number of halogens is 2. The van der Waals surface area contributed by atoms with Crippen molar-refractivity contribution in [3.05, 3.63) is 33.9 Å². The summed E-state index contributed by atoms with van der Waals surface area (Å²) in [5.41, 5.74) is -2.25. The zero-order valence-corrected chi connectivity index (χ0v) is 12.1. The van der Waals surface area contributed by atoms with Crippen molar-refractivity contribution in [2.45, 2.75) is 30.7 Å². The molecule has 1 aromatic carbocycles. The van der Waals surface area contributed by atoms with Gasteiger partial charge in [0.15, 0.2) is 0 Å². The molecule has 0 aliphatic rings. The van der Waals surface area contributed by atoms with Gasteiger partial charge >= 0.3 is 5.69 Å². The van der Waals surface area contributed by atoms with Crippen LogP contribution in [0.15, 0.2) is 17.0 Å². The minimum atomic E-state index is -4.45. The second-order valence-electron chi connectivity index (χ2n) is 4.95. The lowest BCUT2D eigenvalue weighted by molar-refractivity contribution is -0.387. The number of aliphatic hydroxyl groups excluding tert-OH is 1. The number of hydrogen-bond donors (Lipinski definition) is 2. The van der Waals surface area contributed by atoms with Crippen LogP contribution in [0.25, 0.3) is 0 Å². The molecule has 0 bridgehead atoms. The van der Waals surface area contributed by atoms with Crippen LogP contribution in [-0.2, 0) is 10.0 Å². The van der Waals surface area contributed by atoms with Crippen molar-refractivity contribution in [2.24, 2.45) is 0 Å². The van der Waals surface area contributed by atoms with Gasteiger partial charge in [-0.25, -0.2) is 17.5 Å². The Kier molecular flexibility index (Phi) is 4.97. The van der Waals surface area contributed by atoms with Crippen molar-refractivity contribution in [1.29, 1.82) is 0 Å². The SMILES string of the molecule is CC(C)(CCO)NS(=O)(=O)c1cc([N+](=O)[O-])c(F)cc1F. The summed E-state index contributed by atoms with van der Waals surface area (Å²) in [6, 6.07) is 0.466. The van der Waals surface area contributed by atoms with E-state index in [1.165, 1.54) is 13.8 Å². The molecule has 0 heterocycles. The first kappa shape index (κ1) is 17.4. The van der Waals surface area contributed by atoms with Gasteiger partial charge in [0.2, 0.25) is 15.8 Å². The van der Waals surface area contributed by atoms with Crippen LogP contribution in [-0.4, -0.2) is 30.6 Å². The topological polar surface area (TPSA) is 110 Å². The van der Waals surface area contributed by atoms with Crippen LogP contribution in [0.2, 0.25) is 0 Å². The maximum Gasteiger partial charge on any atom is 0.306 e. The van der Waals surface area contributed by atoms with Gasteiger partial charge in [-0.3, -0.25) is 10.1 Å². The Bertz CT molecular complexity index is 661. The molecular weight excluding hydrogens is 310 g/mol. The fraction of sp³-hybridized carbons (Fsp3) is 0.455. The summed E-state index contributed by atoms with van der Waals surface area (Å²) in [5, 5.41) is 19.4.